The summed E-state index contributed by atoms with van der Waals surface area (Å²) in [5, 5.41) is 6.03. The Morgan fingerprint density at radius 3 is 2.76 bits per heavy atom. The smallest absolute Gasteiger partial charge is 0.412 e. The Morgan fingerprint density at radius 1 is 1.40 bits per heavy atom. The van der Waals surface area contributed by atoms with Crippen LogP contribution in [0.15, 0.2) is 18.2 Å². The summed E-state index contributed by atoms with van der Waals surface area (Å²) in [6.07, 6.45) is 0.221. The molecule has 1 aromatic carbocycles. The van der Waals surface area contributed by atoms with Crippen LogP contribution in [0.5, 0.6) is 0 Å². The highest BCUT2D eigenvalue weighted by atomic mass is 16.6. The summed E-state index contributed by atoms with van der Waals surface area (Å²) < 4.78 is 10.5. The minimum absolute atomic E-state index is 0.0452. The van der Waals surface area contributed by atoms with Crippen LogP contribution in [-0.4, -0.2) is 44.5 Å². The minimum Gasteiger partial charge on any atom is -0.444 e. The van der Waals surface area contributed by atoms with Crippen molar-refractivity contribution in [1.82, 2.24) is 5.32 Å². The highest BCUT2D eigenvalue weighted by molar-refractivity contribution is 6.09. The first-order valence-electron chi connectivity index (χ1n) is 8.43. The van der Waals surface area contributed by atoms with Crippen LogP contribution in [0.4, 0.5) is 16.2 Å². The third-order valence-electron chi connectivity index (χ3n) is 4.52. The van der Waals surface area contributed by atoms with Gasteiger partial charge in [-0.3, -0.25) is 15.0 Å². The maximum Gasteiger partial charge on any atom is 0.412 e. The molecule has 7 heteroatoms. The van der Waals surface area contributed by atoms with Gasteiger partial charge in [0.1, 0.15) is 12.3 Å². The van der Waals surface area contributed by atoms with Crippen LogP contribution < -0.4 is 15.5 Å². The molecule has 2 amide bonds. The molecule has 2 aliphatic heterocycles. The average molecular weight is 347 g/mol. The van der Waals surface area contributed by atoms with E-state index in [-0.39, 0.29) is 12.6 Å². The number of nitrogens with zero attached hydrogens (tertiary/aromatic N) is 1. The third kappa shape index (κ3) is 3.21. The summed E-state index contributed by atoms with van der Waals surface area (Å²) in [4.78, 5) is 26.7. The Bertz CT molecular complexity index is 690. The number of ether oxygens (including phenoxy) is 2. The van der Waals surface area contributed by atoms with E-state index in [1.165, 1.54) is 0 Å². The largest absolute Gasteiger partial charge is 0.444 e. The first kappa shape index (κ1) is 17.7. The Kier molecular flexibility index (Phi) is 4.47. The highest BCUT2D eigenvalue weighted by Gasteiger charge is 2.52. The molecule has 1 aromatic rings. The molecule has 0 radical (unpaired) electrons. The average Bonchev–Trinajstić information content (AvgIpc) is 3.08. The fraction of sp³-hybridized carbons (Fsp3) is 0.556. The number of rotatable bonds is 3. The zero-order chi connectivity index (χ0) is 18.2. The second-order valence-corrected chi connectivity index (χ2v) is 7.52. The molecule has 2 heterocycles. The molecule has 2 aliphatic rings. The van der Waals surface area contributed by atoms with Gasteiger partial charge in [0.05, 0.1) is 11.1 Å². The lowest BCUT2D eigenvalue weighted by atomic mass is 9.81. The van der Waals surface area contributed by atoms with Crippen molar-refractivity contribution in [1.29, 1.82) is 0 Å². The normalized spacial score (nSPS) is 22.4. The van der Waals surface area contributed by atoms with E-state index in [4.69, 9.17) is 9.47 Å². The molecule has 1 unspecified atom stereocenters. The number of methoxy groups -OCH3 is 1. The van der Waals surface area contributed by atoms with Crippen LogP contribution in [0.3, 0.4) is 0 Å². The van der Waals surface area contributed by atoms with Crippen LogP contribution in [-0.2, 0) is 19.7 Å². The van der Waals surface area contributed by atoms with Gasteiger partial charge in [-0.15, -0.1) is 0 Å². The summed E-state index contributed by atoms with van der Waals surface area (Å²) in [6.45, 7) is 7.04. The van der Waals surface area contributed by atoms with E-state index >= 15 is 0 Å². The van der Waals surface area contributed by atoms with E-state index in [2.05, 4.69) is 10.6 Å². The lowest BCUT2D eigenvalue weighted by Crippen LogP contribution is -2.42. The molecule has 1 saturated heterocycles. The lowest BCUT2D eigenvalue weighted by Gasteiger charge is -2.22. The fourth-order valence-corrected chi connectivity index (χ4v) is 3.50. The summed E-state index contributed by atoms with van der Waals surface area (Å²) in [5.74, 6) is 0.0452. The molecule has 0 aliphatic carbocycles. The maximum atomic E-state index is 13.0. The summed E-state index contributed by atoms with van der Waals surface area (Å²) in [7, 11) is 1.57. The SMILES string of the molecule is COCN1C(=O)C2(CCNC2)c2cc(NC(=O)OC(C)(C)C)ccc21. The van der Waals surface area contributed by atoms with Gasteiger partial charge in [0.15, 0.2) is 0 Å². The van der Waals surface area contributed by atoms with Crippen molar-refractivity contribution in [3.05, 3.63) is 23.8 Å². The maximum absolute atomic E-state index is 13.0. The van der Waals surface area contributed by atoms with Crippen molar-refractivity contribution < 1.29 is 19.1 Å². The van der Waals surface area contributed by atoms with Crippen molar-refractivity contribution >= 4 is 23.4 Å². The van der Waals surface area contributed by atoms with Crippen LogP contribution in [0.2, 0.25) is 0 Å². The Morgan fingerprint density at radius 2 is 2.16 bits per heavy atom. The molecule has 25 heavy (non-hydrogen) atoms. The van der Waals surface area contributed by atoms with Crippen LogP contribution in [0.25, 0.3) is 0 Å². The molecule has 0 saturated carbocycles. The number of benzene rings is 1. The van der Waals surface area contributed by atoms with Gasteiger partial charge in [-0.25, -0.2) is 4.79 Å². The van der Waals surface area contributed by atoms with Gasteiger partial charge >= 0.3 is 6.09 Å². The van der Waals surface area contributed by atoms with E-state index in [0.29, 0.717) is 12.2 Å². The summed E-state index contributed by atoms with van der Waals surface area (Å²) in [5.41, 5.74) is 1.23. The number of hydrogen-bond donors (Lipinski definition) is 2. The zero-order valence-electron chi connectivity index (χ0n) is 15.1. The minimum atomic E-state index is -0.584. The van der Waals surface area contributed by atoms with Crippen LogP contribution in [0.1, 0.15) is 32.8 Å². The van der Waals surface area contributed by atoms with Gasteiger partial charge in [-0.2, -0.15) is 0 Å². The second-order valence-electron chi connectivity index (χ2n) is 7.52. The molecular weight excluding hydrogens is 322 g/mol. The van der Waals surface area contributed by atoms with Gasteiger partial charge in [0.2, 0.25) is 5.91 Å². The van der Waals surface area contributed by atoms with Crippen molar-refractivity contribution in [3.63, 3.8) is 0 Å². The molecule has 136 valence electrons. The number of hydrogen-bond acceptors (Lipinski definition) is 5. The van der Waals surface area contributed by atoms with E-state index in [9.17, 15) is 9.59 Å². The molecule has 7 nitrogen and oxygen atoms in total. The van der Waals surface area contributed by atoms with E-state index in [0.717, 1.165) is 24.2 Å². The fourth-order valence-electron chi connectivity index (χ4n) is 3.50. The van der Waals surface area contributed by atoms with Crippen LogP contribution >= 0.6 is 0 Å². The molecule has 1 fully saturated rings. The van der Waals surface area contributed by atoms with Gasteiger partial charge < -0.3 is 14.8 Å². The number of carbonyl (C=O) groups excluding carboxylic acids is 2. The van der Waals surface area contributed by atoms with E-state index < -0.39 is 17.1 Å². The zero-order valence-corrected chi connectivity index (χ0v) is 15.1. The molecule has 1 atom stereocenters. The molecule has 0 aromatic heterocycles. The van der Waals surface area contributed by atoms with E-state index in [1.54, 1.807) is 18.1 Å². The second kappa shape index (κ2) is 6.31. The van der Waals surface area contributed by atoms with Crippen LogP contribution in [0, 0.1) is 0 Å². The van der Waals surface area contributed by atoms with Crippen molar-refractivity contribution in [2.24, 2.45) is 0 Å². The molecular formula is C18H25N3O4. The Balaban J connectivity index is 1.91. The van der Waals surface area contributed by atoms with Gasteiger partial charge in [-0.1, -0.05) is 0 Å². The van der Waals surface area contributed by atoms with Crippen molar-refractivity contribution in [2.75, 3.05) is 37.1 Å². The summed E-state index contributed by atoms with van der Waals surface area (Å²) >= 11 is 0. The molecule has 2 N–H and O–H groups in total. The predicted octanol–water partition coefficient (Wildman–Crippen LogP) is 2.22. The molecule has 0 bridgehead atoms. The summed E-state index contributed by atoms with van der Waals surface area (Å²) in [6, 6.07) is 5.51. The third-order valence-corrected chi connectivity index (χ3v) is 4.52. The Hall–Kier alpha value is -2.12. The van der Waals surface area contributed by atoms with Gasteiger partial charge in [0, 0.05) is 19.3 Å². The highest BCUT2D eigenvalue weighted by Crippen LogP contribution is 2.46. The number of fused-ring (bicyclic) bond motifs is 2. The van der Waals surface area contributed by atoms with Gasteiger partial charge in [-0.05, 0) is 57.5 Å². The number of anilines is 2. The number of nitrogens with one attached hydrogen (secondary N) is 2. The first-order chi connectivity index (χ1) is 11.8. The van der Waals surface area contributed by atoms with Crippen molar-refractivity contribution in [2.45, 2.75) is 38.2 Å². The lowest BCUT2D eigenvalue weighted by molar-refractivity contribution is -0.123. The number of amides is 2. The van der Waals surface area contributed by atoms with E-state index in [1.807, 2.05) is 32.9 Å². The standard InChI is InChI=1S/C18H25N3O4/c1-17(2,3)25-16(23)20-12-5-6-14-13(9-12)18(7-8-19-10-18)15(22)21(14)11-24-4/h5-6,9,19H,7-8,10-11H2,1-4H3,(H,20,23). The Labute approximate surface area is 147 Å². The predicted molar refractivity (Wildman–Crippen MR) is 94.8 cm³/mol. The molecule has 1 spiro atoms. The quantitative estimate of drug-likeness (QED) is 0.876. The number of carbonyl (C=O) groups is 2. The molecule has 3 rings (SSSR count). The van der Waals surface area contributed by atoms with Gasteiger partial charge in [0.25, 0.3) is 0 Å². The van der Waals surface area contributed by atoms with Crippen molar-refractivity contribution in [3.8, 4) is 0 Å². The first-order valence-corrected chi connectivity index (χ1v) is 8.43. The monoisotopic (exact) mass is 347 g/mol. The topological polar surface area (TPSA) is 79.9 Å².